The van der Waals surface area contributed by atoms with Crippen LogP contribution in [0.3, 0.4) is 0 Å². The molecule has 0 saturated carbocycles. The van der Waals surface area contributed by atoms with Crippen molar-refractivity contribution in [3.05, 3.63) is 12.2 Å². The van der Waals surface area contributed by atoms with Crippen LogP contribution in [-0.2, 0) is 0 Å². The minimum absolute atomic E-state index is 1.14. The first kappa shape index (κ1) is 12.7. The molecule has 13 heavy (non-hydrogen) atoms. The normalized spacial score (nSPS) is 11.7. The molecule has 0 N–H and O–H groups in total. The topological polar surface area (TPSA) is 3.24 Å². The lowest BCUT2D eigenvalue weighted by Crippen LogP contribution is -2.26. The van der Waals surface area contributed by atoms with Crippen LogP contribution in [0.15, 0.2) is 12.2 Å². The zero-order chi connectivity index (χ0) is 9.94. The van der Waals surface area contributed by atoms with Gasteiger partial charge in [0.25, 0.3) is 0 Å². The van der Waals surface area contributed by atoms with Gasteiger partial charge in [0.15, 0.2) is 0 Å². The number of unbranched alkanes of at least 4 members (excludes halogenated alkanes) is 2. The number of allylic oxidation sites excluding steroid dienone is 1. The molecular weight excluding hydrogens is 158 g/mol. The quantitative estimate of drug-likeness (QED) is 0.521. The average Bonchev–Trinajstić information content (AvgIpc) is 2.17. The third kappa shape index (κ3) is 8.04. The molecule has 0 spiro atoms. The minimum Gasteiger partial charge on any atom is -0.300 e. The Morgan fingerprint density at radius 1 is 1.00 bits per heavy atom. The van der Waals surface area contributed by atoms with E-state index in [4.69, 9.17) is 0 Å². The van der Waals surface area contributed by atoms with Gasteiger partial charge < -0.3 is 0 Å². The van der Waals surface area contributed by atoms with Crippen LogP contribution in [0, 0.1) is 0 Å². The smallest absolute Gasteiger partial charge is 0.0163 e. The van der Waals surface area contributed by atoms with Crippen molar-refractivity contribution in [3.63, 3.8) is 0 Å². The van der Waals surface area contributed by atoms with Crippen molar-refractivity contribution in [2.24, 2.45) is 0 Å². The van der Waals surface area contributed by atoms with Gasteiger partial charge in [0.05, 0.1) is 0 Å². The Hall–Kier alpha value is -0.300. The first-order valence-corrected chi connectivity index (χ1v) is 5.68. The largest absolute Gasteiger partial charge is 0.300 e. The molecule has 78 valence electrons. The van der Waals surface area contributed by atoms with E-state index in [1.165, 1.54) is 38.8 Å². The summed E-state index contributed by atoms with van der Waals surface area (Å²) >= 11 is 0. The van der Waals surface area contributed by atoms with Crippen LogP contribution < -0.4 is 0 Å². The fourth-order valence-electron chi connectivity index (χ4n) is 1.31. The van der Waals surface area contributed by atoms with E-state index in [0.29, 0.717) is 0 Å². The van der Waals surface area contributed by atoms with Gasteiger partial charge in [-0.2, -0.15) is 0 Å². The Bertz CT molecular complexity index is 110. The molecule has 0 amide bonds. The first-order chi connectivity index (χ1) is 6.35. The van der Waals surface area contributed by atoms with E-state index in [2.05, 4.69) is 37.8 Å². The summed E-state index contributed by atoms with van der Waals surface area (Å²) in [5.41, 5.74) is 0. The maximum absolute atomic E-state index is 2.55. The fourth-order valence-corrected chi connectivity index (χ4v) is 1.31. The van der Waals surface area contributed by atoms with Crippen LogP contribution in [-0.4, -0.2) is 24.5 Å². The second kappa shape index (κ2) is 9.79. The Kier molecular flexibility index (Phi) is 9.56. The van der Waals surface area contributed by atoms with Gasteiger partial charge in [-0.05, 0) is 32.9 Å². The van der Waals surface area contributed by atoms with Crippen LogP contribution in [0.1, 0.15) is 46.5 Å². The maximum Gasteiger partial charge on any atom is 0.0163 e. The molecule has 0 rings (SSSR count). The molecule has 0 aromatic heterocycles. The first-order valence-electron chi connectivity index (χ1n) is 5.68. The molecule has 1 nitrogen and oxygen atoms in total. The SMILES string of the molecule is CC=CCN(CCCC)CCCC. The molecule has 0 bridgehead atoms. The van der Waals surface area contributed by atoms with Gasteiger partial charge in [-0.3, -0.25) is 4.90 Å². The van der Waals surface area contributed by atoms with E-state index >= 15 is 0 Å². The zero-order valence-corrected chi connectivity index (χ0v) is 9.55. The lowest BCUT2D eigenvalue weighted by molar-refractivity contribution is 0.292. The van der Waals surface area contributed by atoms with E-state index in [9.17, 15) is 0 Å². The number of nitrogens with zero attached hydrogens (tertiary/aromatic N) is 1. The highest BCUT2D eigenvalue weighted by atomic mass is 15.1. The van der Waals surface area contributed by atoms with Crippen molar-refractivity contribution in [2.45, 2.75) is 46.5 Å². The zero-order valence-electron chi connectivity index (χ0n) is 9.55. The predicted molar refractivity (Wildman–Crippen MR) is 61.1 cm³/mol. The second-order valence-electron chi connectivity index (χ2n) is 3.58. The summed E-state index contributed by atoms with van der Waals surface area (Å²) in [5.74, 6) is 0. The van der Waals surface area contributed by atoms with E-state index in [1.54, 1.807) is 0 Å². The lowest BCUT2D eigenvalue weighted by atomic mass is 10.2. The van der Waals surface area contributed by atoms with E-state index in [0.717, 1.165) is 6.54 Å². The van der Waals surface area contributed by atoms with Crippen LogP contribution in [0.5, 0.6) is 0 Å². The standard InChI is InChI=1S/C12H25N/c1-4-7-10-13(11-8-5-2)12-9-6-3/h4,7H,5-6,8-12H2,1-3H3. The van der Waals surface area contributed by atoms with Crippen molar-refractivity contribution in [2.75, 3.05) is 19.6 Å². The molecule has 1 heteroatoms. The van der Waals surface area contributed by atoms with Crippen LogP contribution in [0.2, 0.25) is 0 Å². The molecule has 0 aromatic rings. The van der Waals surface area contributed by atoms with Crippen molar-refractivity contribution < 1.29 is 0 Å². The molecule has 0 unspecified atom stereocenters. The van der Waals surface area contributed by atoms with Crippen LogP contribution in [0.25, 0.3) is 0 Å². The average molecular weight is 183 g/mol. The summed E-state index contributed by atoms with van der Waals surface area (Å²) in [6.45, 7) is 10.3. The molecule has 0 heterocycles. The highest BCUT2D eigenvalue weighted by molar-refractivity contribution is 4.81. The Labute approximate surface area is 83.8 Å². The predicted octanol–water partition coefficient (Wildman–Crippen LogP) is 3.46. The molecule has 0 atom stereocenters. The molecule has 0 radical (unpaired) electrons. The van der Waals surface area contributed by atoms with Gasteiger partial charge in [0.2, 0.25) is 0 Å². The van der Waals surface area contributed by atoms with E-state index < -0.39 is 0 Å². The van der Waals surface area contributed by atoms with Gasteiger partial charge in [-0.25, -0.2) is 0 Å². The Morgan fingerprint density at radius 2 is 1.54 bits per heavy atom. The summed E-state index contributed by atoms with van der Waals surface area (Å²) in [6, 6.07) is 0. The Morgan fingerprint density at radius 3 is 1.92 bits per heavy atom. The molecule has 0 aliphatic rings. The summed E-state index contributed by atoms with van der Waals surface area (Å²) in [4.78, 5) is 2.55. The van der Waals surface area contributed by atoms with Crippen LogP contribution in [0.4, 0.5) is 0 Å². The molecule has 0 fully saturated rings. The molecule has 0 saturated heterocycles. The lowest BCUT2D eigenvalue weighted by Gasteiger charge is -2.19. The van der Waals surface area contributed by atoms with Crippen molar-refractivity contribution in [1.29, 1.82) is 0 Å². The summed E-state index contributed by atoms with van der Waals surface area (Å²) in [7, 11) is 0. The van der Waals surface area contributed by atoms with Crippen molar-refractivity contribution in [3.8, 4) is 0 Å². The van der Waals surface area contributed by atoms with Gasteiger partial charge in [0, 0.05) is 6.54 Å². The highest BCUT2D eigenvalue weighted by Crippen LogP contribution is 1.99. The summed E-state index contributed by atoms with van der Waals surface area (Å²) < 4.78 is 0. The Balaban J connectivity index is 3.59. The second-order valence-corrected chi connectivity index (χ2v) is 3.58. The van der Waals surface area contributed by atoms with E-state index in [-0.39, 0.29) is 0 Å². The third-order valence-corrected chi connectivity index (χ3v) is 2.26. The molecule has 0 aliphatic heterocycles. The van der Waals surface area contributed by atoms with Gasteiger partial charge in [0.1, 0.15) is 0 Å². The minimum atomic E-state index is 1.14. The monoisotopic (exact) mass is 183 g/mol. The number of hydrogen-bond donors (Lipinski definition) is 0. The van der Waals surface area contributed by atoms with Gasteiger partial charge in [-0.15, -0.1) is 0 Å². The number of hydrogen-bond acceptors (Lipinski definition) is 1. The molecule has 0 aliphatic carbocycles. The molecular formula is C12H25N. The van der Waals surface area contributed by atoms with Gasteiger partial charge >= 0.3 is 0 Å². The maximum atomic E-state index is 2.55. The van der Waals surface area contributed by atoms with Gasteiger partial charge in [-0.1, -0.05) is 38.8 Å². The number of rotatable bonds is 8. The van der Waals surface area contributed by atoms with Crippen LogP contribution >= 0.6 is 0 Å². The molecule has 0 aromatic carbocycles. The fraction of sp³-hybridized carbons (Fsp3) is 0.833. The summed E-state index contributed by atoms with van der Waals surface area (Å²) in [5, 5.41) is 0. The van der Waals surface area contributed by atoms with Crippen molar-refractivity contribution >= 4 is 0 Å². The summed E-state index contributed by atoms with van der Waals surface area (Å²) in [6.07, 6.45) is 9.68. The van der Waals surface area contributed by atoms with Crippen molar-refractivity contribution in [1.82, 2.24) is 4.90 Å². The van der Waals surface area contributed by atoms with E-state index in [1.807, 2.05) is 0 Å². The highest BCUT2D eigenvalue weighted by Gasteiger charge is 2.00. The third-order valence-electron chi connectivity index (χ3n) is 2.26.